The second-order valence-electron chi connectivity index (χ2n) is 2.97. The molecule has 1 saturated carbocycles. The molecule has 11 heavy (non-hydrogen) atoms. The average Bonchev–Trinajstić information content (AvgIpc) is 2.70. The molecule has 0 aromatic carbocycles. The summed E-state index contributed by atoms with van der Waals surface area (Å²) in [5.41, 5.74) is 1.04. The van der Waals surface area contributed by atoms with Crippen molar-refractivity contribution in [1.82, 2.24) is 15.0 Å². The number of nitrogens with zero attached hydrogens (tertiary/aromatic N) is 3. The maximum Gasteiger partial charge on any atom is 0.0764 e. The van der Waals surface area contributed by atoms with E-state index in [9.17, 15) is 0 Å². The summed E-state index contributed by atoms with van der Waals surface area (Å²) < 4.78 is 1.76. The van der Waals surface area contributed by atoms with Crippen LogP contribution in [0.2, 0.25) is 0 Å². The zero-order valence-corrected chi connectivity index (χ0v) is 6.41. The standard InChI is InChI=1S/C8H9N3/c1-3-8(4-5-8)7-6-9-10-11(7)2/h1,6H,4-5H2,2H3. The zero-order chi connectivity index (χ0) is 7.90. The predicted molar refractivity (Wildman–Crippen MR) is 40.7 cm³/mol. The van der Waals surface area contributed by atoms with Gasteiger partial charge >= 0.3 is 0 Å². The third kappa shape index (κ3) is 0.758. The lowest BCUT2D eigenvalue weighted by Crippen LogP contribution is -2.09. The Hall–Kier alpha value is -1.30. The Balaban J connectivity index is 2.45. The normalized spacial score (nSPS) is 19.3. The fraction of sp³-hybridized carbons (Fsp3) is 0.500. The van der Waals surface area contributed by atoms with Crippen LogP contribution in [0.1, 0.15) is 18.5 Å². The van der Waals surface area contributed by atoms with Crippen molar-refractivity contribution in [3.05, 3.63) is 11.9 Å². The van der Waals surface area contributed by atoms with E-state index in [1.165, 1.54) is 0 Å². The summed E-state index contributed by atoms with van der Waals surface area (Å²) in [4.78, 5) is 0. The molecule has 0 radical (unpaired) electrons. The summed E-state index contributed by atoms with van der Waals surface area (Å²) in [7, 11) is 1.87. The maximum atomic E-state index is 5.41. The van der Waals surface area contributed by atoms with Crippen molar-refractivity contribution in [2.75, 3.05) is 0 Å². The highest BCUT2D eigenvalue weighted by atomic mass is 15.4. The lowest BCUT2D eigenvalue weighted by atomic mass is 10.1. The Morgan fingerprint density at radius 3 is 2.82 bits per heavy atom. The Morgan fingerprint density at radius 1 is 1.73 bits per heavy atom. The molecular formula is C8H9N3. The molecule has 1 heterocycles. The number of hydrogen-bond acceptors (Lipinski definition) is 2. The van der Waals surface area contributed by atoms with E-state index in [2.05, 4.69) is 16.2 Å². The first-order valence-corrected chi connectivity index (χ1v) is 3.61. The van der Waals surface area contributed by atoms with Gasteiger partial charge in [-0.05, 0) is 12.8 Å². The third-order valence-corrected chi connectivity index (χ3v) is 2.23. The van der Waals surface area contributed by atoms with Crippen LogP contribution in [-0.4, -0.2) is 15.0 Å². The minimum absolute atomic E-state index is 0.0295. The number of terminal acetylenes is 1. The van der Waals surface area contributed by atoms with Gasteiger partial charge in [0.15, 0.2) is 0 Å². The van der Waals surface area contributed by atoms with Crippen LogP contribution in [0.4, 0.5) is 0 Å². The Morgan fingerprint density at radius 2 is 2.45 bits per heavy atom. The highest BCUT2D eigenvalue weighted by molar-refractivity contribution is 5.34. The molecule has 0 aliphatic heterocycles. The summed E-state index contributed by atoms with van der Waals surface area (Å²) in [6.07, 6.45) is 9.32. The van der Waals surface area contributed by atoms with Gasteiger partial charge in [0.25, 0.3) is 0 Å². The molecule has 0 N–H and O–H groups in total. The molecule has 0 unspecified atom stereocenters. The van der Waals surface area contributed by atoms with E-state index in [4.69, 9.17) is 6.42 Å². The van der Waals surface area contributed by atoms with Gasteiger partial charge in [0, 0.05) is 7.05 Å². The quantitative estimate of drug-likeness (QED) is 0.541. The monoisotopic (exact) mass is 147 g/mol. The van der Waals surface area contributed by atoms with Gasteiger partial charge in [-0.25, -0.2) is 0 Å². The van der Waals surface area contributed by atoms with Gasteiger partial charge in [-0.15, -0.1) is 11.5 Å². The fourth-order valence-electron chi connectivity index (χ4n) is 1.32. The summed E-state index contributed by atoms with van der Waals surface area (Å²) in [5, 5.41) is 7.64. The van der Waals surface area contributed by atoms with Gasteiger partial charge in [-0.3, -0.25) is 4.68 Å². The van der Waals surface area contributed by atoms with Crippen LogP contribution in [0, 0.1) is 12.3 Å². The molecule has 0 bridgehead atoms. The summed E-state index contributed by atoms with van der Waals surface area (Å²) in [5.74, 6) is 2.79. The fourth-order valence-corrected chi connectivity index (χ4v) is 1.32. The van der Waals surface area contributed by atoms with Gasteiger partial charge in [-0.2, -0.15) is 0 Å². The van der Waals surface area contributed by atoms with Gasteiger partial charge in [0.05, 0.1) is 17.3 Å². The van der Waals surface area contributed by atoms with E-state index in [0.717, 1.165) is 18.5 Å². The molecule has 1 aliphatic carbocycles. The number of hydrogen-bond donors (Lipinski definition) is 0. The zero-order valence-electron chi connectivity index (χ0n) is 6.41. The van der Waals surface area contributed by atoms with Crippen molar-refractivity contribution in [3.63, 3.8) is 0 Å². The van der Waals surface area contributed by atoms with Crippen molar-refractivity contribution < 1.29 is 0 Å². The van der Waals surface area contributed by atoms with Crippen LogP contribution in [0.25, 0.3) is 0 Å². The van der Waals surface area contributed by atoms with E-state index in [1.54, 1.807) is 10.9 Å². The molecule has 1 aromatic rings. The van der Waals surface area contributed by atoms with Crippen molar-refractivity contribution >= 4 is 0 Å². The Labute approximate surface area is 65.4 Å². The highest BCUT2D eigenvalue weighted by Crippen LogP contribution is 2.46. The summed E-state index contributed by atoms with van der Waals surface area (Å²) in [6, 6.07) is 0. The van der Waals surface area contributed by atoms with Gasteiger partial charge in [-0.1, -0.05) is 11.1 Å². The minimum atomic E-state index is -0.0295. The van der Waals surface area contributed by atoms with Crippen LogP contribution in [0.5, 0.6) is 0 Å². The van der Waals surface area contributed by atoms with Gasteiger partial charge in [0.2, 0.25) is 0 Å². The lowest BCUT2D eigenvalue weighted by molar-refractivity contribution is 0.654. The Kier molecular flexibility index (Phi) is 1.08. The average molecular weight is 147 g/mol. The minimum Gasteiger partial charge on any atom is -0.251 e. The van der Waals surface area contributed by atoms with Crippen molar-refractivity contribution in [2.24, 2.45) is 7.05 Å². The summed E-state index contributed by atoms with van der Waals surface area (Å²) in [6.45, 7) is 0. The van der Waals surface area contributed by atoms with E-state index in [1.807, 2.05) is 7.05 Å². The van der Waals surface area contributed by atoms with Crippen LogP contribution >= 0.6 is 0 Å². The molecule has 1 aliphatic rings. The molecule has 0 spiro atoms. The number of aromatic nitrogens is 3. The van der Waals surface area contributed by atoms with Crippen LogP contribution in [-0.2, 0) is 12.5 Å². The number of rotatable bonds is 1. The van der Waals surface area contributed by atoms with Crippen LogP contribution in [0.15, 0.2) is 6.20 Å². The SMILES string of the molecule is C#CC1(c2cnnn2C)CC1. The van der Waals surface area contributed by atoms with Crippen molar-refractivity contribution in [3.8, 4) is 12.3 Å². The van der Waals surface area contributed by atoms with Crippen molar-refractivity contribution in [1.29, 1.82) is 0 Å². The molecule has 0 saturated heterocycles. The van der Waals surface area contributed by atoms with E-state index in [0.29, 0.717) is 0 Å². The first-order valence-electron chi connectivity index (χ1n) is 3.61. The smallest absolute Gasteiger partial charge is 0.0764 e. The molecule has 56 valence electrons. The van der Waals surface area contributed by atoms with Crippen LogP contribution in [0.3, 0.4) is 0 Å². The second-order valence-corrected chi connectivity index (χ2v) is 2.97. The molecular weight excluding hydrogens is 138 g/mol. The molecule has 1 aromatic heterocycles. The molecule has 2 rings (SSSR count). The first-order chi connectivity index (χ1) is 5.28. The second kappa shape index (κ2) is 1.85. The molecule has 3 heteroatoms. The topological polar surface area (TPSA) is 30.7 Å². The number of aryl methyl sites for hydroxylation is 1. The van der Waals surface area contributed by atoms with E-state index in [-0.39, 0.29) is 5.41 Å². The van der Waals surface area contributed by atoms with Crippen LogP contribution < -0.4 is 0 Å². The van der Waals surface area contributed by atoms with Gasteiger partial charge < -0.3 is 0 Å². The third-order valence-electron chi connectivity index (χ3n) is 2.23. The molecule has 0 atom stereocenters. The van der Waals surface area contributed by atoms with E-state index >= 15 is 0 Å². The Bertz CT molecular complexity index is 314. The van der Waals surface area contributed by atoms with E-state index < -0.39 is 0 Å². The summed E-state index contributed by atoms with van der Waals surface area (Å²) >= 11 is 0. The first kappa shape index (κ1) is 6.41. The molecule has 0 amide bonds. The lowest BCUT2D eigenvalue weighted by Gasteiger charge is -2.04. The van der Waals surface area contributed by atoms with Crippen molar-refractivity contribution in [2.45, 2.75) is 18.3 Å². The largest absolute Gasteiger partial charge is 0.251 e. The highest BCUT2D eigenvalue weighted by Gasteiger charge is 2.45. The maximum absolute atomic E-state index is 5.41. The molecule has 3 nitrogen and oxygen atoms in total. The van der Waals surface area contributed by atoms with Gasteiger partial charge in [0.1, 0.15) is 0 Å². The predicted octanol–water partition coefficient (Wildman–Crippen LogP) is 0.480. The molecule has 1 fully saturated rings.